The maximum atomic E-state index is 13.4. The number of hydrogen-bond acceptors (Lipinski definition) is 7. The minimum absolute atomic E-state index is 0.0156. The van der Waals surface area contributed by atoms with Gasteiger partial charge in [0.1, 0.15) is 19.0 Å². The highest BCUT2D eigenvalue weighted by Crippen LogP contribution is 2.33. The predicted octanol–water partition coefficient (Wildman–Crippen LogP) is 3.58. The Morgan fingerprint density at radius 1 is 0.833 bits per heavy atom. The maximum Gasteiger partial charge on any atom is 0.254 e. The number of carbonyl (C=O) groups is 2. The lowest BCUT2D eigenvalue weighted by molar-refractivity contribution is 0.0304. The molecule has 0 atom stereocenters. The molecule has 0 radical (unpaired) electrons. The van der Waals surface area contributed by atoms with Crippen LogP contribution < -0.4 is 14.4 Å². The Bertz CT molecular complexity index is 1300. The van der Waals surface area contributed by atoms with Gasteiger partial charge in [-0.05, 0) is 43.2 Å². The van der Waals surface area contributed by atoms with Crippen LogP contribution in [-0.2, 0) is 4.74 Å². The Morgan fingerprint density at radius 3 is 2.39 bits per heavy atom. The number of para-hydroxylation sites is 1. The van der Waals surface area contributed by atoms with Gasteiger partial charge in [-0.15, -0.1) is 0 Å². The smallest absolute Gasteiger partial charge is 0.254 e. The summed E-state index contributed by atoms with van der Waals surface area (Å²) in [5.41, 5.74) is 2.15. The van der Waals surface area contributed by atoms with Gasteiger partial charge >= 0.3 is 0 Å². The van der Waals surface area contributed by atoms with Gasteiger partial charge in [0.25, 0.3) is 5.91 Å². The van der Waals surface area contributed by atoms with Crippen LogP contribution in [0, 0.1) is 5.92 Å². The molecule has 2 fully saturated rings. The van der Waals surface area contributed by atoms with Crippen molar-refractivity contribution in [3.8, 4) is 11.5 Å². The van der Waals surface area contributed by atoms with E-state index in [1.807, 2.05) is 47.4 Å². The maximum absolute atomic E-state index is 13.4. The molecule has 1 amide bonds. The average Bonchev–Trinajstić information content (AvgIpc) is 2.96. The van der Waals surface area contributed by atoms with Gasteiger partial charge in [-0.3, -0.25) is 9.59 Å². The number of anilines is 1. The topological polar surface area (TPSA) is 81.2 Å². The summed E-state index contributed by atoms with van der Waals surface area (Å²) in [5.74, 6) is 2.22. The molecule has 1 aromatic heterocycles. The van der Waals surface area contributed by atoms with Crippen LogP contribution in [0.4, 0.5) is 5.82 Å². The van der Waals surface area contributed by atoms with Crippen molar-refractivity contribution in [3.05, 3.63) is 59.7 Å². The van der Waals surface area contributed by atoms with Gasteiger partial charge in [-0.1, -0.05) is 18.2 Å². The molecule has 186 valence electrons. The first-order chi connectivity index (χ1) is 17.7. The van der Waals surface area contributed by atoms with E-state index in [1.165, 1.54) is 0 Å². The lowest BCUT2D eigenvalue weighted by atomic mass is 9.88. The number of piperidine rings is 1. The highest BCUT2D eigenvalue weighted by molar-refractivity contribution is 6.07. The molecule has 2 saturated heterocycles. The zero-order chi connectivity index (χ0) is 24.5. The van der Waals surface area contributed by atoms with E-state index in [0.29, 0.717) is 75.2 Å². The van der Waals surface area contributed by atoms with Crippen molar-refractivity contribution in [3.63, 3.8) is 0 Å². The molecule has 4 heterocycles. The number of ether oxygens (including phenoxy) is 3. The van der Waals surface area contributed by atoms with E-state index < -0.39 is 0 Å². The summed E-state index contributed by atoms with van der Waals surface area (Å²) in [6.45, 7) is 4.75. The second kappa shape index (κ2) is 9.78. The van der Waals surface area contributed by atoms with E-state index >= 15 is 0 Å². The molecule has 3 aliphatic heterocycles. The molecular weight excluding hydrogens is 458 g/mol. The minimum atomic E-state index is -0.0567. The molecule has 2 aromatic carbocycles. The number of morpholine rings is 1. The molecule has 0 spiro atoms. The van der Waals surface area contributed by atoms with Crippen LogP contribution in [0.2, 0.25) is 0 Å². The summed E-state index contributed by atoms with van der Waals surface area (Å²) in [4.78, 5) is 35.6. The number of carbonyl (C=O) groups excluding carboxylic acids is 2. The van der Waals surface area contributed by atoms with Crippen molar-refractivity contribution in [2.24, 2.45) is 5.92 Å². The summed E-state index contributed by atoms with van der Waals surface area (Å²) in [5, 5.41) is 0.862. The van der Waals surface area contributed by atoms with Crippen LogP contribution in [0.5, 0.6) is 11.5 Å². The van der Waals surface area contributed by atoms with Gasteiger partial charge in [0.2, 0.25) is 0 Å². The SMILES string of the molecule is O=C(c1ccc2c(c1)OCCO2)C1CCN(c2cc(C(=O)N3CCOCC3)c3ccccc3n2)CC1. The predicted molar refractivity (Wildman–Crippen MR) is 135 cm³/mol. The fourth-order valence-electron chi connectivity index (χ4n) is 5.24. The third-order valence-electron chi connectivity index (χ3n) is 7.25. The summed E-state index contributed by atoms with van der Waals surface area (Å²) in [6, 6.07) is 15.2. The number of fused-ring (bicyclic) bond motifs is 2. The molecule has 0 saturated carbocycles. The van der Waals surface area contributed by atoms with E-state index in [0.717, 1.165) is 29.6 Å². The van der Waals surface area contributed by atoms with Crippen LogP contribution in [0.25, 0.3) is 10.9 Å². The number of pyridine rings is 1. The van der Waals surface area contributed by atoms with E-state index in [2.05, 4.69) is 4.90 Å². The zero-order valence-corrected chi connectivity index (χ0v) is 20.2. The molecule has 0 aliphatic carbocycles. The second-order valence-corrected chi connectivity index (χ2v) is 9.43. The molecule has 0 unspecified atom stereocenters. The molecule has 8 heteroatoms. The van der Waals surface area contributed by atoms with Gasteiger partial charge in [0.05, 0.1) is 24.3 Å². The Balaban J connectivity index is 1.20. The number of nitrogens with zero attached hydrogens (tertiary/aromatic N) is 3. The van der Waals surface area contributed by atoms with E-state index in [1.54, 1.807) is 6.07 Å². The third-order valence-corrected chi connectivity index (χ3v) is 7.25. The average molecular weight is 488 g/mol. The van der Waals surface area contributed by atoms with Gasteiger partial charge in [0, 0.05) is 43.0 Å². The number of rotatable bonds is 4. The van der Waals surface area contributed by atoms with Gasteiger partial charge in [0.15, 0.2) is 17.3 Å². The number of aromatic nitrogens is 1. The fourth-order valence-corrected chi connectivity index (χ4v) is 5.24. The summed E-state index contributed by atoms with van der Waals surface area (Å²) in [7, 11) is 0. The summed E-state index contributed by atoms with van der Waals surface area (Å²) in [6.07, 6.45) is 1.46. The number of benzene rings is 2. The molecule has 8 nitrogen and oxygen atoms in total. The molecule has 6 rings (SSSR count). The Morgan fingerprint density at radius 2 is 1.58 bits per heavy atom. The van der Waals surface area contributed by atoms with Crippen molar-refractivity contribution in [1.29, 1.82) is 0 Å². The number of Topliss-reactive ketones (excluding diaryl/α,β-unsaturated/α-hetero) is 1. The quantitative estimate of drug-likeness (QED) is 0.521. The van der Waals surface area contributed by atoms with E-state index in [9.17, 15) is 9.59 Å². The van der Waals surface area contributed by atoms with Crippen molar-refractivity contribution < 1.29 is 23.8 Å². The zero-order valence-electron chi connectivity index (χ0n) is 20.2. The summed E-state index contributed by atoms with van der Waals surface area (Å²) >= 11 is 0. The molecular formula is C28H29N3O5. The first-order valence-corrected chi connectivity index (χ1v) is 12.6. The van der Waals surface area contributed by atoms with Crippen molar-refractivity contribution in [2.75, 3.05) is 57.5 Å². The Labute approximate surface area is 209 Å². The van der Waals surface area contributed by atoms with Gasteiger partial charge in [-0.2, -0.15) is 0 Å². The molecule has 3 aromatic rings. The molecule has 36 heavy (non-hydrogen) atoms. The van der Waals surface area contributed by atoms with Crippen molar-refractivity contribution >= 4 is 28.4 Å². The van der Waals surface area contributed by atoms with Crippen LogP contribution in [0.15, 0.2) is 48.5 Å². The number of ketones is 1. The van der Waals surface area contributed by atoms with Gasteiger partial charge < -0.3 is 24.0 Å². The third kappa shape index (κ3) is 4.37. The monoisotopic (exact) mass is 487 g/mol. The van der Waals surface area contributed by atoms with Gasteiger partial charge in [-0.25, -0.2) is 4.98 Å². The van der Waals surface area contributed by atoms with Crippen molar-refractivity contribution in [2.45, 2.75) is 12.8 Å². The normalized spacial score (nSPS) is 18.3. The van der Waals surface area contributed by atoms with E-state index in [-0.39, 0.29) is 17.6 Å². The lowest BCUT2D eigenvalue weighted by Gasteiger charge is -2.33. The second-order valence-electron chi connectivity index (χ2n) is 9.43. The Hall–Kier alpha value is -3.65. The summed E-state index contributed by atoms with van der Waals surface area (Å²) < 4.78 is 16.7. The first-order valence-electron chi connectivity index (χ1n) is 12.6. The highest BCUT2D eigenvalue weighted by Gasteiger charge is 2.29. The van der Waals surface area contributed by atoms with Crippen LogP contribution >= 0.6 is 0 Å². The van der Waals surface area contributed by atoms with Crippen LogP contribution in [-0.4, -0.2) is 74.2 Å². The molecule has 0 N–H and O–H groups in total. The van der Waals surface area contributed by atoms with Crippen molar-refractivity contribution in [1.82, 2.24) is 9.88 Å². The fraction of sp³-hybridized carbons (Fsp3) is 0.393. The lowest BCUT2D eigenvalue weighted by Crippen LogP contribution is -2.41. The van der Waals surface area contributed by atoms with E-state index in [4.69, 9.17) is 19.2 Å². The minimum Gasteiger partial charge on any atom is -0.486 e. The highest BCUT2D eigenvalue weighted by atomic mass is 16.6. The molecule has 0 bridgehead atoms. The standard InChI is InChI=1S/C28H29N3O5/c32-27(20-5-6-24-25(17-20)36-16-15-35-24)19-7-9-30(10-8-19)26-18-22(21-3-1-2-4-23(21)29-26)28(33)31-11-13-34-14-12-31/h1-6,17-19H,7-16H2. The first kappa shape index (κ1) is 22.8. The Kier molecular flexibility index (Phi) is 6.19. The van der Waals surface area contributed by atoms with Crippen LogP contribution in [0.1, 0.15) is 33.6 Å². The van der Waals surface area contributed by atoms with Crippen LogP contribution in [0.3, 0.4) is 0 Å². The molecule has 3 aliphatic rings. The number of amides is 1. The largest absolute Gasteiger partial charge is 0.486 e. The number of hydrogen-bond donors (Lipinski definition) is 0.